The number of ether oxygens (including phenoxy) is 1. The van der Waals surface area contributed by atoms with E-state index in [0.717, 1.165) is 0 Å². The number of nitrogens with one attached hydrogen (secondary N) is 1. The summed E-state index contributed by atoms with van der Waals surface area (Å²) in [5, 5.41) is 2.99. The monoisotopic (exact) mass is 176 g/mol. The van der Waals surface area contributed by atoms with E-state index < -0.39 is 11.6 Å². The molecule has 1 saturated heterocycles. The number of hydrogen-bond acceptors (Lipinski definition) is 3. The molecule has 1 rings (SSSR count). The van der Waals surface area contributed by atoms with Crippen molar-refractivity contribution in [2.75, 3.05) is 19.7 Å². The molecule has 0 aliphatic carbocycles. The Balaban J connectivity index is 0.00000144. The fourth-order valence-electron chi connectivity index (χ4n) is 1.29. The Bertz CT molecular complexity index is 172. The largest absolute Gasteiger partial charge is 1.00 e. The number of rotatable bonds is 2. The van der Waals surface area contributed by atoms with Crippen molar-refractivity contribution in [2.24, 2.45) is 0 Å². The van der Waals surface area contributed by atoms with Crippen LogP contribution in [0.25, 0.3) is 0 Å². The SMILES string of the molecule is CCOC(=O)C1(F)CCNCC1.[H+]. The lowest BCUT2D eigenvalue weighted by molar-refractivity contribution is -0.159. The van der Waals surface area contributed by atoms with Gasteiger partial charge in [0.2, 0.25) is 5.67 Å². The molecule has 12 heavy (non-hydrogen) atoms. The first-order valence-electron chi connectivity index (χ1n) is 4.26. The molecule has 1 fully saturated rings. The summed E-state index contributed by atoms with van der Waals surface area (Å²) in [6.45, 7) is 3.03. The normalized spacial score (nSPS) is 21.8. The lowest BCUT2D eigenvalue weighted by Gasteiger charge is -2.27. The smallest absolute Gasteiger partial charge is 0.464 e. The standard InChI is InChI=1S/C8H14FNO2/c1-2-12-7(11)8(9)3-5-10-6-4-8/h10H,2-6H2,1H3/p+1. The highest BCUT2D eigenvalue weighted by molar-refractivity contribution is 5.79. The van der Waals surface area contributed by atoms with Crippen LogP contribution in [0.1, 0.15) is 21.2 Å². The van der Waals surface area contributed by atoms with Crippen LogP contribution in [0, 0.1) is 0 Å². The predicted octanol–water partition coefficient (Wildman–Crippen LogP) is 0.754. The number of halogens is 1. The zero-order valence-electron chi connectivity index (χ0n) is 8.23. The molecule has 70 valence electrons. The van der Waals surface area contributed by atoms with E-state index in [-0.39, 0.29) is 20.9 Å². The van der Waals surface area contributed by atoms with Crippen LogP contribution >= 0.6 is 0 Å². The molecule has 0 bridgehead atoms. The van der Waals surface area contributed by atoms with Gasteiger partial charge >= 0.3 is 7.40 Å². The number of carbonyl (C=O) groups excluding carboxylic acids is 1. The molecule has 0 radical (unpaired) electrons. The van der Waals surface area contributed by atoms with Gasteiger partial charge in [0.05, 0.1) is 6.61 Å². The predicted molar refractivity (Wildman–Crippen MR) is 43.7 cm³/mol. The zero-order valence-corrected chi connectivity index (χ0v) is 7.23. The van der Waals surface area contributed by atoms with Crippen molar-refractivity contribution < 1.29 is 15.3 Å². The summed E-state index contributed by atoms with van der Waals surface area (Å²) in [5.41, 5.74) is -1.73. The van der Waals surface area contributed by atoms with Gasteiger partial charge in [0, 0.05) is 12.8 Å². The van der Waals surface area contributed by atoms with E-state index in [4.69, 9.17) is 0 Å². The van der Waals surface area contributed by atoms with Crippen LogP contribution in [-0.4, -0.2) is 31.3 Å². The Labute approximate surface area is 72.8 Å². The van der Waals surface area contributed by atoms with E-state index in [1.54, 1.807) is 6.92 Å². The molecular formula is C8H15FNO2+. The Morgan fingerprint density at radius 3 is 2.75 bits per heavy atom. The van der Waals surface area contributed by atoms with Crippen LogP contribution in [0.15, 0.2) is 0 Å². The lowest BCUT2D eigenvalue weighted by atomic mass is 9.95. The second kappa shape index (κ2) is 3.85. The van der Waals surface area contributed by atoms with Crippen molar-refractivity contribution in [3.05, 3.63) is 0 Å². The number of carbonyl (C=O) groups is 1. The third kappa shape index (κ3) is 1.94. The topological polar surface area (TPSA) is 38.3 Å². The lowest BCUT2D eigenvalue weighted by Crippen LogP contribution is -2.45. The van der Waals surface area contributed by atoms with Crippen molar-refractivity contribution in [2.45, 2.75) is 25.4 Å². The number of hydrogen-bond donors (Lipinski definition) is 1. The maximum atomic E-state index is 13.6. The molecule has 0 aromatic carbocycles. The van der Waals surface area contributed by atoms with Crippen LogP contribution < -0.4 is 5.32 Å². The summed E-state index contributed by atoms with van der Waals surface area (Å²) in [6.07, 6.45) is 0.456. The second-order valence-electron chi connectivity index (χ2n) is 2.94. The Kier molecular flexibility index (Phi) is 3.03. The first kappa shape index (κ1) is 9.45. The third-order valence-corrected chi connectivity index (χ3v) is 2.04. The van der Waals surface area contributed by atoms with Crippen molar-refractivity contribution in [3.63, 3.8) is 0 Å². The van der Waals surface area contributed by atoms with Crippen LogP contribution in [0.5, 0.6) is 0 Å². The third-order valence-electron chi connectivity index (χ3n) is 2.04. The average Bonchev–Trinajstić information content (AvgIpc) is 2.06. The summed E-state index contributed by atoms with van der Waals surface area (Å²) in [7, 11) is 0. The Morgan fingerprint density at radius 2 is 2.25 bits per heavy atom. The molecule has 0 saturated carbocycles. The van der Waals surface area contributed by atoms with Crippen LogP contribution in [0.2, 0.25) is 0 Å². The zero-order chi connectivity index (χ0) is 9.03. The van der Waals surface area contributed by atoms with Gasteiger partial charge in [-0.05, 0) is 20.0 Å². The molecule has 1 heterocycles. The van der Waals surface area contributed by atoms with Crippen LogP contribution in [0.3, 0.4) is 0 Å². The highest BCUT2D eigenvalue weighted by atomic mass is 19.1. The van der Waals surface area contributed by atoms with Gasteiger partial charge in [-0.2, -0.15) is 0 Å². The molecule has 0 amide bonds. The van der Waals surface area contributed by atoms with E-state index in [2.05, 4.69) is 10.1 Å². The first-order valence-corrected chi connectivity index (χ1v) is 4.26. The van der Waals surface area contributed by atoms with Gasteiger partial charge in [-0.1, -0.05) is 0 Å². The molecule has 1 aliphatic rings. The molecule has 3 nitrogen and oxygen atoms in total. The second-order valence-corrected chi connectivity index (χ2v) is 2.94. The van der Waals surface area contributed by atoms with E-state index in [1.165, 1.54) is 0 Å². The van der Waals surface area contributed by atoms with E-state index in [0.29, 0.717) is 13.1 Å². The molecule has 1 aliphatic heterocycles. The van der Waals surface area contributed by atoms with E-state index >= 15 is 0 Å². The first-order chi connectivity index (χ1) is 5.69. The quantitative estimate of drug-likeness (QED) is 0.631. The van der Waals surface area contributed by atoms with E-state index in [1.807, 2.05) is 0 Å². The summed E-state index contributed by atoms with van der Waals surface area (Å²) in [4.78, 5) is 11.1. The van der Waals surface area contributed by atoms with Gasteiger partial charge in [-0.15, -0.1) is 0 Å². The minimum absolute atomic E-state index is 0. The average molecular weight is 176 g/mol. The summed E-state index contributed by atoms with van der Waals surface area (Å²) in [5.74, 6) is -0.702. The van der Waals surface area contributed by atoms with Crippen molar-refractivity contribution >= 4 is 5.97 Å². The number of piperidine rings is 1. The van der Waals surface area contributed by atoms with Gasteiger partial charge in [0.1, 0.15) is 0 Å². The molecule has 0 aromatic rings. The molecule has 0 atom stereocenters. The van der Waals surface area contributed by atoms with Gasteiger partial charge in [-0.25, -0.2) is 9.18 Å². The van der Waals surface area contributed by atoms with Gasteiger partial charge < -0.3 is 10.1 Å². The maximum Gasteiger partial charge on any atom is 1.00 e. The highest BCUT2D eigenvalue weighted by Gasteiger charge is 2.40. The molecule has 0 aromatic heterocycles. The van der Waals surface area contributed by atoms with E-state index in [9.17, 15) is 9.18 Å². The minimum Gasteiger partial charge on any atom is -0.464 e. The number of esters is 1. The van der Waals surface area contributed by atoms with Crippen LogP contribution in [0.4, 0.5) is 4.39 Å². The summed E-state index contributed by atoms with van der Waals surface area (Å²) >= 11 is 0. The molecule has 0 spiro atoms. The molecular weight excluding hydrogens is 161 g/mol. The van der Waals surface area contributed by atoms with Crippen LogP contribution in [-0.2, 0) is 9.53 Å². The fourth-order valence-corrected chi connectivity index (χ4v) is 1.29. The summed E-state index contributed by atoms with van der Waals surface area (Å²) < 4.78 is 18.3. The van der Waals surface area contributed by atoms with Gasteiger partial charge in [-0.3, -0.25) is 0 Å². The molecule has 0 unspecified atom stereocenters. The van der Waals surface area contributed by atoms with Crippen molar-refractivity contribution in [1.82, 2.24) is 5.32 Å². The Hall–Kier alpha value is -0.640. The highest BCUT2D eigenvalue weighted by Crippen LogP contribution is 2.24. The number of alkyl halides is 1. The summed E-state index contributed by atoms with van der Waals surface area (Å²) in [6, 6.07) is 0. The van der Waals surface area contributed by atoms with Crippen molar-refractivity contribution in [1.29, 1.82) is 0 Å². The van der Waals surface area contributed by atoms with Crippen molar-refractivity contribution in [3.8, 4) is 0 Å². The maximum absolute atomic E-state index is 13.6. The van der Waals surface area contributed by atoms with Gasteiger partial charge in [0.25, 0.3) is 0 Å². The minimum atomic E-state index is -1.73. The van der Waals surface area contributed by atoms with Gasteiger partial charge in [0.15, 0.2) is 0 Å². The fraction of sp³-hybridized carbons (Fsp3) is 0.875. The molecule has 4 heteroatoms. The molecule has 1 N–H and O–H groups in total. The Morgan fingerprint density at radius 1 is 1.67 bits per heavy atom.